The highest BCUT2D eigenvalue weighted by molar-refractivity contribution is 7.93. The lowest BCUT2D eigenvalue weighted by molar-refractivity contribution is -0.385. The van der Waals surface area contributed by atoms with Crippen molar-refractivity contribution in [3.8, 4) is 0 Å². The molecule has 0 aliphatic carbocycles. The molecule has 14 heteroatoms. The number of fused-ring (bicyclic) bond motifs is 1. The van der Waals surface area contributed by atoms with E-state index in [4.69, 9.17) is 11.6 Å². The van der Waals surface area contributed by atoms with E-state index in [0.29, 0.717) is 0 Å². The van der Waals surface area contributed by atoms with Crippen molar-refractivity contribution in [2.24, 2.45) is 5.10 Å². The third kappa shape index (κ3) is 5.11. The predicted molar refractivity (Wildman–Crippen MR) is 129 cm³/mol. The van der Waals surface area contributed by atoms with Crippen LogP contribution in [0.25, 0.3) is 0 Å². The average molecular weight is 539 g/mol. The van der Waals surface area contributed by atoms with Crippen LogP contribution in [0.1, 0.15) is 12.0 Å². The molecule has 0 spiro atoms. The van der Waals surface area contributed by atoms with Gasteiger partial charge in [-0.25, -0.2) is 21.2 Å². The molecule has 0 fully saturated rings. The lowest BCUT2D eigenvalue weighted by Crippen LogP contribution is -2.23. The Balaban J connectivity index is 1.76. The smallest absolute Gasteiger partial charge is 0.270 e. The number of rotatable bonds is 6. The molecule has 0 saturated carbocycles. The van der Waals surface area contributed by atoms with E-state index in [1.165, 1.54) is 12.1 Å². The van der Waals surface area contributed by atoms with Crippen molar-refractivity contribution in [1.29, 1.82) is 0 Å². The zero-order valence-corrected chi connectivity index (χ0v) is 20.0. The number of hydrogen-bond acceptors (Lipinski definition) is 8. The van der Waals surface area contributed by atoms with Crippen molar-refractivity contribution in [2.75, 3.05) is 15.9 Å². The van der Waals surface area contributed by atoms with E-state index in [1.54, 1.807) is 12.1 Å². The molecule has 35 heavy (non-hydrogen) atoms. The first-order valence-electron chi connectivity index (χ1n) is 9.89. The minimum Gasteiger partial charge on any atom is -0.278 e. The maximum atomic E-state index is 13.8. The van der Waals surface area contributed by atoms with Crippen LogP contribution in [0.4, 0.5) is 21.5 Å². The van der Waals surface area contributed by atoms with Gasteiger partial charge in [-0.3, -0.25) is 20.3 Å². The summed E-state index contributed by atoms with van der Waals surface area (Å²) in [5.41, 5.74) is 2.20. The molecule has 4 rings (SSSR count). The first-order valence-corrected chi connectivity index (χ1v) is 13.4. The van der Waals surface area contributed by atoms with Crippen LogP contribution in [0.3, 0.4) is 0 Å². The summed E-state index contributed by atoms with van der Waals surface area (Å²) >= 11 is 6.03. The van der Waals surface area contributed by atoms with Crippen LogP contribution in [0.15, 0.2) is 75.6 Å². The second-order valence-electron chi connectivity index (χ2n) is 7.40. The van der Waals surface area contributed by atoms with E-state index in [1.807, 2.05) is 0 Å². The number of non-ortho nitro benzene ring substituents is 1. The maximum absolute atomic E-state index is 13.8. The normalized spacial score (nSPS) is 15.9. The van der Waals surface area contributed by atoms with Crippen LogP contribution in [-0.4, -0.2) is 33.2 Å². The molecule has 3 aromatic carbocycles. The number of hydrogen-bond donors (Lipinski definition) is 2. The molecule has 3 aromatic rings. The minimum absolute atomic E-state index is 0.0456. The van der Waals surface area contributed by atoms with Crippen LogP contribution in [-0.2, 0) is 19.9 Å². The first kappa shape index (κ1) is 24.6. The van der Waals surface area contributed by atoms with Gasteiger partial charge in [-0.05, 0) is 36.4 Å². The molecular weight excluding hydrogens is 523 g/mol. The van der Waals surface area contributed by atoms with Gasteiger partial charge in [0, 0.05) is 24.1 Å². The second-order valence-corrected chi connectivity index (χ2v) is 11.5. The first-order chi connectivity index (χ1) is 16.5. The van der Waals surface area contributed by atoms with Crippen molar-refractivity contribution < 1.29 is 26.1 Å². The maximum Gasteiger partial charge on any atom is 0.270 e. The zero-order valence-electron chi connectivity index (χ0n) is 17.6. The fourth-order valence-corrected chi connectivity index (χ4v) is 6.37. The van der Waals surface area contributed by atoms with Gasteiger partial charge >= 0.3 is 0 Å². The summed E-state index contributed by atoms with van der Waals surface area (Å²) in [6.07, 6.45) is -0.0568. The molecule has 0 bridgehead atoms. The lowest BCUT2D eigenvalue weighted by atomic mass is 10.1. The fourth-order valence-electron chi connectivity index (χ4n) is 3.40. The number of nitro benzene ring substituents is 1. The summed E-state index contributed by atoms with van der Waals surface area (Å²) in [4.78, 5) is 9.92. The fraction of sp³-hybridized carbons (Fsp3) is 0.0952. The molecule has 1 aliphatic rings. The predicted octanol–water partition coefficient (Wildman–Crippen LogP) is 4.18. The standard InChI is InChI=1S/C21H16ClFN4O6S2/c22-16-3-1-2-4-18(16)26-35(32,33)21-12-14(27(28)29)6-7-19(21)25-24-17-9-10-34(30,31)20-8-5-13(23)11-15(17)20/h1-8,11-12,25-26H,9-10H2/b24-17-. The van der Waals surface area contributed by atoms with Gasteiger partial charge in [0.1, 0.15) is 10.7 Å². The van der Waals surface area contributed by atoms with Gasteiger partial charge in [0.15, 0.2) is 9.84 Å². The molecule has 0 amide bonds. The largest absolute Gasteiger partial charge is 0.278 e. The van der Waals surface area contributed by atoms with Crippen molar-refractivity contribution in [2.45, 2.75) is 16.2 Å². The van der Waals surface area contributed by atoms with Gasteiger partial charge < -0.3 is 0 Å². The van der Waals surface area contributed by atoms with Crippen molar-refractivity contribution >= 4 is 54.2 Å². The summed E-state index contributed by atoms with van der Waals surface area (Å²) < 4.78 is 67.0. The van der Waals surface area contributed by atoms with E-state index in [9.17, 15) is 31.3 Å². The van der Waals surface area contributed by atoms with Gasteiger partial charge in [-0.2, -0.15) is 5.10 Å². The number of nitrogens with one attached hydrogen (secondary N) is 2. The van der Waals surface area contributed by atoms with Crippen molar-refractivity contribution in [3.05, 3.63) is 87.2 Å². The van der Waals surface area contributed by atoms with Gasteiger partial charge in [-0.1, -0.05) is 23.7 Å². The Labute approximate surface area is 204 Å². The Morgan fingerprint density at radius 3 is 2.51 bits per heavy atom. The van der Waals surface area contributed by atoms with Gasteiger partial charge in [-0.15, -0.1) is 0 Å². The Bertz CT molecular complexity index is 1590. The number of halogens is 2. The van der Waals surface area contributed by atoms with Crippen LogP contribution >= 0.6 is 11.6 Å². The molecule has 0 aromatic heterocycles. The number of nitro groups is 1. The molecule has 2 N–H and O–H groups in total. The monoisotopic (exact) mass is 538 g/mol. The highest BCUT2D eigenvalue weighted by Gasteiger charge is 2.29. The molecule has 0 saturated heterocycles. The second kappa shape index (κ2) is 9.24. The number of hydrazone groups is 1. The molecule has 0 unspecified atom stereocenters. The third-order valence-electron chi connectivity index (χ3n) is 5.09. The van der Waals surface area contributed by atoms with E-state index >= 15 is 0 Å². The lowest BCUT2D eigenvalue weighted by Gasteiger charge is -2.19. The molecule has 182 valence electrons. The van der Waals surface area contributed by atoms with Gasteiger partial charge in [0.25, 0.3) is 15.7 Å². The number of sulfone groups is 1. The number of para-hydroxylation sites is 1. The van der Waals surface area contributed by atoms with E-state index < -0.39 is 41.2 Å². The summed E-state index contributed by atoms with van der Waals surface area (Å²) in [6, 6.07) is 12.3. The van der Waals surface area contributed by atoms with Crippen LogP contribution < -0.4 is 10.1 Å². The minimum atomic E-state index is -4.39. The summed E-state index contributed by atoms with van der Waals surface area (Å²) in [6.45, 7) is 0. The Kier molecular flexibility index (Phi) is 6.49. The molecule has 1 heterocycles. The number of nitrogens with zero attached hydrogens (tertiary/aromatic N) is 2. The molecule has 1 aliphatic heterocycles. The number of benzene rings is 3. The Hall–Kier alpha value is -3.55. The summed E-state index contributed by atoms with van der Waals surface area (Å²) in [7, 11) is -8.02. The highest BCUT2D eigenvalue weighted by atomic mass is 35.5. The van der Waals surface area contributed by atoms with Crippen LogP contribution in [0, 0.1) is 15.9 Å². The molecular formula is C21H16ClFN4O6S2. The van der Waals surface area contributed by atoms with Crippen LogP contribution in [0.2, 0.25) is 5.02 Å². The van der Waals surface area contributed by atoms with Gasteiger partial charge in [0.2, 0.25) is 0 Å². The topological polar surface area (TPSA) is 148 Å². The molecule has 0 radical (unpaired) electrons. The Morgan fingerprint density at radius 1 is 1.06 bits per heavy atom. The van der Waals surface area contributed by atoms with Crippen molar-refractivity contribution in [3.63, 3.8) is 0 Å². The highest BCUT2D eigenvalue weighted by Crippen LogP contribution is 2.31. The number of anilines is 2. The Morgan fingerprint density at radius 2 is 1.80 bits per heavy atom. The zero-order chi connectivity index (χ0) is 25.4. The quantitative estimate of drug-likeness (QED) is 0.271. The number of sulfonamides is 1. The molecule has 10 nitrogen and oxygen atoms in total. The summed E-state index contributed by atoms with van der Waals surface area (Å²) in [5.74, 6) is -0.942. The third-order valence-corrected chi connectivity index (χ3v) is 8.59. The molecule has 0 atom stereocenters. The average Bonchev–Trinajstić information content (AvgIpc) is 2.79. The van der Waals surface area contributed by atoms with E-state index in [-0.39, 0.29) is 44.7 Å². The SMILES string of the molecule is O=[N+]([O-])c1ccc(N/N=C2/CCS(=O)(=O)c3ccc(F)cc32)c(S(=O)(=O)Nc2ccccc2Cl)c1. The van der Waals surface area contributed by atoms with Gasteiger partial charge in [0.05, 0.1) is 37.7 Å². The van der Waals surface area contributed by atoms with Crippen molar-refractivity contribution in [1.82, 2.24) is 0 Å². The van der Waals surface area contributed by atoms with E-state index in [2.05, 4.69) is 15.2 Å². The van der Waals surface area contributed by atoms with E-state index in [0.717, 1.165) is 36.4 Å². The summed E-state index contributed by atoms with van der Waals surface area (Å²) in [5, 5.41) is 15.5. The van der Waals surface area contributed by atoms with Crippen LogP contribution in [0.5, 0.6) is 0 Å².